The molecule has 0 fully saturated rings. The molecule has 0 unspecified atom stereocenters. The predicted molar refractivity (Wildman–Crippen MR) is 124 cm³/mol. The zero-order valence-electron chi connectivity index (χ0n) is 16.4. The Morgan fingerprint density at radius 3 is 2.32 bits per heavy atom. The second kappa shape index (κ2) is 8.71. The third kappa shape index (κ3) is 4.65. The zero-order chi connectivity index (χ0) is 22.0. The molecule has 0 radical (unpaired) electrons. The molecule has 4 rings (SSSR count). The number of aromatic nitrogens is 2. The van der Waals surface area contributed by atoms with E-state index in [0.29, 0.717) is 26.6 Å². The smallest absolute Gasteiger partial charge is 0.271 e. The first-order chi connectivity index (χ1) is 14.9. The van der Waals surface area contributed by atoms with Crippen LogP contribution in [0.4, 0.5) is 11.4 Å². The third-order valence-electron chi connectivity index (χ3n) is 4.50. The summed E-state index contributed by atoms with van der Waals surface area (Å²) in [6.45, 7) is 1.26. The molecule has 0 aliphatic rings. The number of carbonyl (C=O) groups excluding carboxylic acids is 2. The van der Waals surface area contributed by atoms with Crippen molar-refractivity contribution in [2.45, 2.75) is 13.5 Å². The van der Waals surface area contributed by atoms with E-state index in [1.807, 2.05) is 17.5 Å². The molecular weight excluding hydrogens is 436 g/mol. The van der Waals surface area contributed by atoms with Crippen molar-refractivity contribution >= 4 is 56.3 Å². The average Bonchev–Trinajstić information content (AvgIpc) is 3.17. The highest BCUT2D eigenvalue weighted by atomic mass is 35.5. The summed E-state index contributed by atoms with van der Waals surface area (Å²) in [5, 5.41) is 7.90. The van der Waals surface area contributed by atoms with Crippen molar-refractivity contribution in [1.82, 2.24) is 9.55 Å². The molecule has 0 atom stereocenters. The minimum atomic E-state index is -0.356. The second-order valence-electron chi connectivity index (χ2n) is 6.82. The third-order valence-corrected chi connectivity index (χ3v) is 5.71. The molecule has 0 bridgehead atoms. The fourth-order valence-corrected chi connectivity index (χ4v) is 4.19. The maximum Gasteiger partial charge on any atom is 0.271 e. The van der Waals surface area contributed by atoms with Gasteiger partial charge in [-0.05, 0) is 42.0 Å². The fourth-order valence-electron chi connectivity index (χ4n) is 3.08. The van der Waals surface area contributed by atoms with Crippen LogP contribution in [0.1, 0.15) is 6.92 Å². The van der Waals surface area contributed by atoms with Gasteiger partial charge < -0.3 is 10.6 Å². The molecule has 2 N–H and O–H groups in total. The van der Waals surface area contributed by atoms with E-state index in [2.05, 4.69) is 15.6 Å². The lowest BCUT2D eigenvalue weighted by molar-refractivity contribution is -0.117. The Labute approximate surface area is 186 Å². The van der Waals surface area contributed by atoms with Crippen molar-refractivity contribution in [2.24, 2.45) is 0 Å². The largest absolute Gasteiger partial charge is 0.326 e. The van der Waals surface area contributed by atoms with Gasteiger partial charge in [0.15, 0.2) is 0 Å². The number of hydrogen-bond donors (Lipinski definition) is 2. The second-order valence-corrected chi connectivity index (χ2v) is 8.13. The lowest BCUT2D eigenvalue weighted by Crippen LogP contribution is -2.27. The SMILES string of the molecule is CC(=O)Nc1ccc(NC(=O)Cn2cnc3c(-c4ccc(Cl)cc4)csc3c2=O)cc1. The average molecular weight is 453 g/mol. The number of thiophene rings is 1. The predicted octanol–water partition coefficient (Wildman–Crippen LogP) is 4.38. The molecule has 2 amide bonds. The van der Waals surface area contributed by atoms with E-state index in [-0.39, 0.29) is 23.9 Å². The molecule has 0 spiro atoms. The van der Waals surface area contributed by atoms with Crippen molar-refractivity contribution in [1.29, 1.82) is 0 Å². The van der Waals surface area contributed by atoms with Crippen LogP contribution in [0.15, 0.2) is 65.0 Å². The molecular formula is C22H17ClN4O3S. The minimum absolute atomic E-state index is 0.163. The van der Waals surface area contributed by atoms with E-state index in [1.54, 1.807) is 36.4 Å². The zero-order valence-corrected chi connectivity index (χ0v) is 18.0. The van der Waals surface area contributed by atoms with Gasteiger partial charge >= 0.3 is 0 Å². The number of amides is 2. The summed E-state index contributed by atoms with van der Waals surface area (Å²) in [6.07, 6.45) is 1.39. The van der Waals surface area contributed by atoms with Crippen molar-refractivity contribution in [3.05, 3.63) is 75.6 Å². The highest BCUT2D eigenvalue weighted by molar-refractivity contribution is 7.17. The number of hydrogen-bond acceptors (Lipinski definition) is 5. The lowest BCUT2D eigenvalue weighted by atomic mass is 10.1. The summed E-state index contributed by atoms with van der Waals surface area (Å²) in [7, 11) is 0. The molecule has 31 heavy (non-hydrogen) atoms. The number of nitrogens with zero attached hydrogens (tertiary/aromatic N) is 2. The van der Waals surface area contributed by atoms with Crippen molar-refractivity contribution in [3.63, 3.8) is 0 Å². The van der Waals surface area contributed by atoms with E-state index < -0.39 is 0 Å². The molecule has 156 valence electrons. The van der Waals surface area contributed by atoms with Crippen molar-refractivity contribution in [3.8, 4) is 11.1 Å². The van der Waals surface area contributed by atoms with Crippen LogP contribution >= 0.6 is 22.9 Å². The molecule has 2 aromatic carbocycles. The molecule has 7 nitrogen and oxygen atoms in total. The number of benzene rings is 2. The number of nitrogens with one attached hydrogen (secondary N) is 2. The number of halogens is 1. The summed E-state index contributed by atoms with van der Waals surface area (Å²) < 4.78 is 1.77. The first-order valence-electron chi connectivity index (χ1n) is 9.31. The first-order valence-corrected chi connectivity index (χ1v) is 10.6. The number of fused-ring (bicyclic) bond motifs is 1. The first kappa shape index (κ1) is 20.8. The van der Waals surface area contributed by atoms with Crippen LogP contribution in [0.5, 0.6) is 0 Å². The normalized spacial score (nSPS) is 10.8. The van der Waals surface area contributed by atoms with Crippen LogP contribution in [-0.2, 0) is 16.1 Å². The van der Waals surface area contributed by atoms with Gasteiger partial charge in [0.25, 0.3) is 5.56 Å². The van der Waals surface area contributed by atoms with Gasteiger partial charge in [-0.15, -0.1) is 11.3 Å². The van der Waals surface area contributed by atoms with Crippen LogP contribution in [0, 0.1) is 0 Å². The Balaban J connectivity index is 1.51. The Kier molecular flexibility index (Phi) is 5.83. The van der Waals surface area contributed by atoms with Gasteiger partial charge in [-0.25, -0.2) is 4.98 Å². The Hall–Kier alpha value is -3.49. The Morgan fingerprint density at radius 2 is 1.68 bits per heavy atom. The lowest BCUT2D eigenvalue weighted by Gasteiger charge is -2.08. The molecule has 4 aromatic rings. The van der Waals surface area contributed by atoms with E-state index in [0.717, 1.165) is 11.1 Å². The Bertz CT molecular complexity index is 1330. The summed E-state index contributed by atoms with van der Waals surface area (Å²) in [4.78, 5) is 40.8. The van der Waals surface area contributed by atoms with Crippen LogP contribution in [0.25, 0.3) is 21.3 Å². The monoisotopic (exact) mass is 452 g/mol. The molecule has 2 heterocycles. The fraction of sp³-hybridized carbons (Fsp3) is 0.0909. The topological polar surface area (TPSA) is 93.1 Å². The van der Waals surface area contributed by atoms with Gasteiger partial charge in [-0.2, -0.15) is 0 Å². The van der Waals surface area contributed by atoms with Gasteiger partial charge in [0.2, 0.25) is 11.8 Å². The van der Waals surface area contributed by atoms with Crippen molar-refractivity contribution < 1.29 is 9.59 Å². The molecule has 0 aliphatic heterocycles. The molecule has 0 saturated carbocycles. The Morgan fingerprint density at radius 1 is 1.03 bits per heavy atom. The van der Waals surface area contributed by atoms with Crippen LogP contribution in [-0.4, -0.2) is 21.4 Å². The molecule has 9 heteroatoms. The number of anilines is 2. The van der Waals surface area contributed by atoms with Crippen LogP contribution in [0.3, 0.4) is 0 Å². The number of rotatable bonds is 5. The van der Waals surface area contributed by atoms with E-state index in [9.17, 15) is 14.4 Å². The number of carbonyl (C=O) groups is 2. The maximum atomic E-state index is 12.9. The molecule has 2 aromatic heterocycles. The highest BCUT2D eigenvalue weighted by Gasteiger charge is 2.14. The molecule has 0 aliphatic carbocycles. The quantitative estimate of drug-likeness (QED) is 0.470. The summed E-state index contributed by atoms with van der Waals surface area (Å²) in [6, 6.07) is 14.0. The van der Waals surface area contributed by atoms with Gasteiger partial charge in [0, 0.05) is 34.3 Å². The highest BCUT2D eigenvalue weighted by Crippen LogP contribution is 2.31. The maximum absolute atomic E-state index is 12.9. The van der Waals surface area contributed by atoms with Gasteiger partial charge in [0.1, 0.15) is 11.2 Å². The summed E-state index contributed by atoms with van der Waals surface area (Å²) in [5.41, 5.74) is 3.28. The van der Waals surface area contributed by atoms with E-state index in [4.69, 9.17) is 11.6 Å². The van der Waals surface area contributed by atoms with Crippen molar-refractivity contribution in [2.75, 3.05) is 10.6 Å². The molecule has 0 saturated heterocycles. The van der Waals surface area contributed by atoms with Gasteiger partial charge in [-0.1, -0.05) is 23.7 Å². The van der Waals surface area contributed by atoms with Gasteiger partial charge in [0.05, 0.1) is 11.8 Å². The summed E-state index contributed by atoms with van der Waals surface area (Å²) >= 11 is 7.25. The minimum Gasteiger partial charge on any atom is -0.326 e. The van der Waals surface area contributed by atoms with Crippen LogP contribution in [0.2, 0.25) is 5.02 Å². The summed E-state index contributed by atoms with van der Waals surface area (Å²) in [5.74, 6) is -0.531. The van der Waals surface area contributed by atoms with Gasteiger partial charge in [-0.3, -0.25) is 19.0 Å². The van der Waals surface area contributed by atoms with Crippen LogP contribution < -0.4 is 16.2 Å². The van der Waals surface area contributed by atoms with E-state index >= 15 is 0 Å². The standard InChI is InChI=1S/C22H17ClN4O3S/c1-13(28)25-16-6-8-17(9-7-16)26-19(29)10-27-12-24-20-18(11-31-21(20)22(27)30)14-2-4-15(23)5-3-14/h2-9,11-12H,10H2,1H3,(H,25,28)(H,26,29). The van der Waals surface area contributed by atoms with E-state index in [1.165, 1.54) is 29.2 Å².